The van der Waals surface area contributed by atoms with Gasteiger partial charge < -0.3 is 15.6 Å². The molecule has 0 bridgehead atoms. The summed E-state index contributed by atoms with van der Waals surface area (Å²) in [6.45, 7) is 8.14. The number of benzene rings is 1. The van der Waals surface area contributed by atoms with Gasteiger partial charge in [0.25, 0.3) is 0 Å². The Labute approximate surface area is 110 Å². The Kier molecular flexibility index (Phi) is 5.17. The highest BCUT2D eigenvalue weighted by atomic mass is 16.5. The van der Waals surface area contributed by atoms with Crippen molar-refractivity contribution in [3.63, 3.8) is 0 Å². The molecule has 0 heterocycles. The molecular weight excluding hydrogens is 226 g/mol. The third-order valence-electron chi connectivity index (χ3n) is 2.97. The van der Waals surface area contributed by atoms with Crippen molar-refractivity contribution >= 4 is 0 Å². The van der Waals surface area contributed by atoms with Crippen LogP contribution in [0.1, 0.15) is 45.6 Å². The van der Waals surface area contributed by atoms with E-state index in [4.69, 9.17) is 15.6 Å². The van der Waals surface area contributed by atoms with Gasteiger partial charge in [0, 0.05) is 18.1 Å². The first-order chi connectivity index (χ1) is 8.34. The van der Waals surface area contributed by atoms with E-state index in [9.17, 15) is 0 Å². The topological polar surface area (TPSA) is 55.5 Å². The molecule has 1 unspecified atom stereocenters. The molecule has 0 saturated heterocycles. The van der Waals surface area contributed by atoms with Gasteiger partial charge in [-0.25, -0.2) is 0 Å². The Morgan fingerprint density at radius 2 is 1.78 bits per heavy atom. The van der Waals surface area contributed by atoms with Gasteiger partial charge in [-0.2, -0.15) is 0 Å². The van der Waals surface area contributed by atoms with Gasteiger partial charge in [0.05, 0.1) is 6.10 Å². The fourth-order valence-electron chi connectivity index (χ4n) is 2.15. The number of aliphatic hydroxyl groups is 1. The third-order valence-corrected chi connectivity index (χ3v) is 2.97. The highest BCUT2D eigenvalue weighted by Crippen LogP contribution is 2.30. The van der Waals surface area contributed by atoms with Gasteiger partial charge in [0.15, 0.2) is 0 Å². The minimum Gasteiger partial charge on any atom is -0.491 e. The van der Waals surface area contributed by atoms with Crippen LogP contribution in [0.2, 0.25) is 0 Å². The summed E-state index contributed by atoms with van der Waals surface area (Å²) >= 11 is 0. The van der Waals surface area contributed by atoms with Crippen LogP contribution in [-0.4, -0.2) is 23.4 Å². The van der Waals surface area contributed by atoms with Gasteiger partial charge in [-0.1, -0.05) is 12.1 Å². The lowest BCUT2D eigenvalue weighted by atomic mass is 9.80. The highest BCUT2D eigenvalue weighted by Gasteiger charge is 2.26. The lowest BCUT2D eigenvalue weighted by Crippen LogP contribution is -2.39. The molecule has 3 N–H and O–H groups in total. The molecule has 0 saturated carbocycles. The van der Waals surface area contributed by atoms with Gasteiger partial charge >= 0.3 is 0 Å². The molecule has 3 nitrogen and oxygen atoms in total. The van der Waals surface area contributed by atoms with Crippen molar-refractivity contribution in [1.29, 1.82) is 0 Å². The maximum Gasteiger partial charge on any atom is 0.119 e. The lowest BCUT2D eigenvalue weighted by molar-refractivity contribution is 0.241. The first kappa shape index (κ1) is 15.0. The van der Waals surface area contributed by atoms with E-state index in [2.05, 4.69) is 0 Å². The highest BCUT2D eigenvalue weighted by molar-refractivity contribution is 5.31. The number of hydrogen-bond donors (Lipinski definition) is 2. The molecule has 0 aliphatic heterocycles. The summed E-state index contributed by atoms with van der Waals surface area (Å²) in [5.41, 5.74) is 6.98. The zero-order valence-corrected chi connectivity index (χ0v) is 11.8. The second kappa shape index (κ2) is 6.21. The summed E-state index contributed by atoms with van der Waals surface area (Å²) in [5.74, 6) is 1.02. The fourth-order valence-corrected chi connectivity index (χ4v) is 2.15. The standard InChI is InChI=1S/C15H25NO2/c1-11(2)18-13-7-5-12(6-8-13)14(9-10-17)15(3,4)16/h5-8,11,14,17H,9-10,16H2,1-4H3. The van der Waals surface area contributed by atoms with E-state index in [1.807, 2.05) is 52.0 Å². The van der Waals surface area contributed by atoms with Crippen LogP contribution in [0.15, 0.2) is 24.3 Å². The van der Waals surface area contributed by atoms with Crippen molar-refractivity contribution in [3.8, 4) is 5.75 Å². The Morgan fingerprint density at radius 1 is 1.22 bits per heavy atom. The van der Waals surface area contributed by atoms with Crippen LogP contribution >= 0.6 is 0 Å². The molecule has 1 aromatic carbocycles. The summed E-state index contributed by atoms with van der Waals surface area (Å²) in [4.78, 5) is 0. The molecule has 0 aliphatic carbocycles. The molecule has 0 aromatic heterocycles. The van der Waals surface area contributed by atoms with Gasteiger partial charge in [0.2, 0.25) is 0 Å². The second-order valence-corrected chi connectivity index (χ2v) is 5.62. The van der Waals surface area contributed by atoms with Crippen LogP contribution in [0, 0.1) is 0 Å². The molecule has 18 heavy (non-hydrogen) atoms. The minimum atomic E-state index is -0.344. The largest absolute Gasteiger partial charge is 0.491 e. The SMILES string of the molecule is CC(C)Oc1ccc(C(CCO)C(C)(C)N)cc1. The maximum absolute atomic E-state index is 9.15. The molecule has 0 radical (unpaired) electrons. The van der Waals surface area contributed by atoms with Crippen LogP contribution in [0.25, 0.3) is 0 Å². The summed E-state index contributed by atoms with van der Waals surface area (Å²) in [6, 6.07) is 8.00. The average Bonchev–Trinajstić information content (AvgIpc) is 2.25. The molecule has 0 fully saturated rings. The van der Waals surface area contributed by atoms with Crippen molar-refractivity contribution in [2.24, 2.45) is 5.73 Å². The zero-order valence-electron chi connectivity index (χ0n) is 11.8. The number of nitrogens with two attached hydrogens (primary N) is 1. The first-order valence-corrected chi connectivity index (χ1v) is 6.51. The Bertz CT molecular complexity index is 352. The molecule has 102 valence electrons. The molecule has 1 rings (SSSR count). The molecule has 3 heteroatoms. The van der Waals surface area contributed by atoms with E-state index >= 15 is 0 Å². The second-order valence-electron chi connectivity index (χ2n) is 5.62. The van der Waals surface area contributed by atoms with Gasteiger partial charge in [-0.05, 0) is 51.8 Å². The van der Waals surface area contributed by atoms with Crippen molar-refractivity contribution in [2.45, 2.75) is 51.7 Å². The Hall–Kier alpha value is -1.06. The summed E-state index contributed by atoms with van der Waals surface area (Å²) in [7, 11) is 0. The van der Waals surface area contributed by atoms with E-state index < -0.39 is 0 Å². The van der Waals surface area contributed by atoms with Crippen LogP contribution < -0.4 is 10.5 Å². The lowest BCUT2D eigenvalue weighted by Gasteiger charge is -2.30. The average molecular weight is 251 g/mol. The summed E-state index contributed by atoms with van der Waals surface area (Å²) in [5, 5.41) is 9.15. The molecule has 1 atom stereocenters. The van der Waals surface area contributed by atoms with Crippen molar-refractivity contribution in [1.82, 2.24) is 0 Å². The molecule has 0 spiro atoms. The smallest absolute Gasteiger partial charge is 0.119 e. The normalized spacial score (nSPS) is 13.7. The van der Waals surface area contributed by atoms with E-state index in [1.54, 1.807) is 0 Å². The predicted molar refractivity (Wildman–Crippen MR) is 74.9 cm³/mol. The number of ether oxygens (including phenoxy) is 1. The minimum absolute atomic E-state index is 0.148. The Morgan fingerprint density at radius 3 is 2.17 bits per heavy atom. The summed E-state index contributed by atoms with van der Waals surface area (Å²) < 4.78 is 5.61. The zero-order chi connectivity index (χ0) is 13.8. The molecular formula is C15H25NO2. The van der Waals surface area contributed by atoms with E-state index in [1.165, 1.54) is 0 Å². The van der Waals surface area contributed by atoms with Gasteiger partial charge in [-0.15, -0.1) is 0 Å². The van der Waals surface area contributed by atoms with E-state index in [0.29, 0.717) is 6.42 Å². The molecule has 0 aliphatic rings. The van der Waals surface area contributed by atoms with E-state index in [-0.39, 0.29) is 24.2 Å². The number of aliphatic hydroxyl groups excluding tert-OH is 1. The summed E-state index contributed by atoms with van der Waals surface area (Å²) in [6.07, 6.45) is 0.850. The van der Waals surface area contributed by atoms with Crippen LogP contribution in [-0.2, 0) is 0 Å². The third kappa shape index (κ3) is 4.31. The van der Waals surface area contributed by atoms with Crippen LogP contribution in [0.4, 0.5) is 0 Å². The van der Waals surface area contributed by atoms with Crippen molar-refractivity contribution in [2.75, 3.05) is 6.61 Å². The van der Waals surface area contributed by atoms with Crippen LogP contribution in [0.3, 0.4) is 0 Å². The quantitative estimate of drug-likeness (QED) is 0.817. The molecule has 1 aromatic rings. The fraction of sp³-hybridized carbons (Fsp3) is 0.600. The first-order valence-electron chi connectivity index (χ1n) is 6.51. The predicted octanol–water partition coefficient (Wildman–Crippen LogP) is 2.68. The van der Waals surface area contributed by atoms with Gasteiger partial charge in [-0.3, -0.25) is 0 Å². The van der Waals surface area contributed by atoms with Crippen molar-refractivity contribution in [3.05, 3.63) is 29.8 Å². The van der Waals surface area contributed by atoms with E-state index in [0.717, 1.165) is 11.3 Å². The molecule has 0 amide bonds. The van der Waals surface area contributed by atoms with Crippen LogP contribution in [0.5, 0.6) is 5.75 Å². The van der Waals surface area contributed by atoms with Gasteiger partial charge in [0.1, 0.15) is 5.75 Å². The van der Waals surface area contributed by atoms with Crippen molar-refractivity contribution < 1.29 is 9.84 Å². The monoisotopic (exact) mass is 251 g/mol. The Balaban J connectivity index is 2.87. The number of rotatable bonds is 6. The maximum atomic E-state index is 9.15. The number of hydrogen-bond acceptors (Lipinski definition) is 3.